The Bertz CT molecular complexity index is 650. The number of allylic oxidation sites excluding steroid dienone is 12. The van der Waals surface area contributed by atoms with Crippen LogP contribution >= 0.6 is 0 Å². The van der Waals surface area contributed by atoms with E-state index in [-0.39, 0.29) is 17.1 Å². The van der Waals surface area contributed by atoms with E-state index in [2.05, 4.69) is 52.3 Å². The van der Waals surface area contributed by atoms with Crippen LogP contribution in [0.4, 0.5) is 0 Å². The fourth-order valence-corrected chi connectivity index (χ4v) is 3.15. The van der Waals surface area contributed by atoms with Crippen molar-refractivity contribution in [3.8, 4) is 0 Å². The van der Waals surface area contributed by atoms with Crippen LogP contribution in [0.1, 0.15) is 47.0 Å². The molecule has 0 aromatic heterocycles. The van der Waals surface area contributed by atoms with Crippen LogP contribution in [0, 0.1) is 18.8 Å². The van der Waals surface area contributed by atoms with E-state index in [0.29, 0.717) is 18.1 Å². The first-order valence-corrected chi connectivity index (χ1v) is 8.72. The van der Waals surface area contributed by atoms with Gasteiger partial charge in [-0.15, -0.1) is 0 Å². The summed E-state index contributed by atoms with van der Waals surface area (Å²) < 4.78 is 0. The molecule has 1 unspecified atom stereocenters. The van der Waals surface area contributed by atoms with Crippen molar-refractivity contribution >= 4 is 5.78 Å². The van der Waals surface area contributed by atoms with Crippen LogP contribution in [0.25, 0.3) is 0 Å². The van der Waals surface area contributed by atoms with E-state index in [1.807, 2.05) is 30.7 Å². The average Bonchev–Trinajstić information content (AvgIpc) is 3.22. The number of Topliss-reactive ketones (excluding diaryl/α,β-unsaturated/α-hetero) is 1. The topological polar surface area (TPSA) is 17.1 Å². The molecule has 0 saturated heterocycles. The number of rotatable bonds is 1. The van der Waals surface area contributed by atoms with Gasteiger partial charge in [0, 0.05) is 36.3 Å². The summed E-state index contributed by atoms with van der Waals surface area (Å²) in [6.07, 6.45) is 20.9. The van der Waals surface area contributed by atoms with Gasteiger partial charge in [-0.3, -0.25) is 4.79 Å². The van der Waals surface area contributed by atoms with Crippen LogP contribution in [0.2, 0.25) is 0 Å². The molecule has 25 heavy (non-hydrogen) atoms. The van der Waals surface area contributed by atoms with Crippen molar-refractivity contribution in [3.63, 3.8) is 0 Å². The van der Waals surface area contributed by atoms with E-state index in [1.54, 1.807) is 0 Å². The molecule has 134 valence electrons. The Morgan fingerprint density at radius 3 is 2.00 bits per heavy atom. The summed E-state index contributed by atoms with van der Waals surface area (Å²) >= 11 is 0. The quantitative estimate of drug-likeness (QED) is 0.236. The second-order valence-electron chi connectivity index (χ2n) is 6.97. The molecule has 0 bridgehead atoms. The van der Waals surface area contributed by atoms with Gasteiger partial charge < -0.3 is 0 Å². The fraction of sp³-hybridized carbons (Fsp3) is 0.348. The van der Waals surface area contributed by atoms with E-state index in [0.717, 1.165) is 18.4 Å². The van der Waals surface area contributed by atoms with Gasteiger partial charge in [0.05, 0.1) is 0 Å². The molecule has 1 nitrogen and oxygen atoms in total. The van der Waals surface area contributed by atoms with Crippen molar-refractivity contribution in [2.24, 2.45) is 5.92 Å². The maximum absolute atomic E-state index is 12.4. The average molecular weight is 376 g/mol. The molecule has 1 saturated carbocycles. The van der Waals surface area contributed by atoms with E-state index in [9.17, 15) is 4.79 Å². The summed E-state index contributed by atoms with van der Waals surface area (Å²) in [6, 6.07) is 0. The van der Waals surface area contributed by atoms with Crippen molar-refractivity contribution in [2.75, 3.05) is 0 Å². The van der Waals surface area contributed by atoms with Crippen LogP contribution < -0.4 is 0 Å². The molecule has 0 spiro atoms. The molecule has 2 radical (unpaired) electrons. The molecule has 3 aliphatic rings. The van der Waals surface area contributed by atoms with E-state index >= 15 is 0 Å². The molecule has 2 heteroatoms. The van der Waals surface area contributed by atoms with Gasteiger partial charge in [-0.25, -0.2) is 0 Å². The predicted octanol–water partition coefficient (Wildman–Crippen LogP) is 6.04. The minimum absolute atomic E-state index is 0. The van der Waals surface area contributed by atoms with Crippen molar-refractivity contribution in [2.45, 2.75) is 47.0 Å². The van der Waals surface area contributed by atoms with Gasteiger partial charge in [-0.2, -0.15) is 0 Å². The smallest absolute Gasteiger partial charge is 0.159 e. The monoisotopic (exact) mass is 376 g/mol. The van der Waals surface area contributed by atoms with E-state index < -0.39 is 0 Å². The molecule has 0 heterocycles. The largest absolute Gasteiger partial charge is 0.295 e. The first kappa shape index (κ1) is 21.7. The summed E-state index contributed by atoms with van der Waals surface area (Å²) in [4.78, 5) is 12.4. The van der Waals surface area contributed by atoms with Gasteiger partial charge in [-0.05, 0) is 57.6 Å². The summed E-state index contributed by atoms with van der Waals surface area (Å²) in [7, 11) is 0. The van der Waals surface area contributed by atoms with Crippen molar-refractivity contribution in [1.82, 2.24) is 0 Å². The molecule has 0 aliphatic heterocycles. The van der Waals surface area contributed by atoms with Crippen LogP contribution in [0.3, 0.4) is 0 Å². The van der Waals surface area contributed by atoms with Crippen LogP contribution in [0.15, 0.2) is 70.4 Å². The molecule has 3 rings (SSSR count). The molecule has 0 aromatic carbocycles. The van der Waals surface area contributed by atoms with Gasteiger partial charge in [0.25, 0.3) is 0 Å². The van der Waals surface area contributed by atoms with Crippen molar-refractivity contribution in [1.29, 1.82) is 0 Å². The third-order valence-electron chi connectivity index (χ3n) is 4.68. The van der Waals surface area contributed by atoms with Gasteiger partial charge in [0.15, 0.2) is 5.78 Å². The van der Waals surface area contributed by atoms with Crippen LogP contribution in [0.5, 0.6) is 0 Å². The van der Waals surface area contributed by atoms with Gasteiger partial charge in [-0.1, -0.05) is 59.3 Å². The Labute approximate surface area is 163 Å². The third-order valence-corrected chi connectivity index (χ3v) is 4.68. The van der Waals surface area contributed by atoms with E-state index in [1.165, 1.54) is 22.3 Å². The first-order chi connectivity index (χ1) is 11.5. The van der Waals surface area contributed by atoms with Crippen LogP contribution in [-0.2, 0) is 21.9 Å². The Morgan fingerprint density at radius 2 is 1.56 bits per heavy atom. The molecule has 0 aromatic rings. The number of hydrogen-bond donors (Lipinski definition) is 0. The molecule has 1 fully saturated rings. The molecule has 0 amide bonds. The molecule has 0 N–H and O–H groups in total. The van der Waals surface area contributed by atoms with Crippen molar-refractivity contribution in [3.05, 3.63) is 83.2 Å². The SMILES string of the molecule is CC(C)=C1CC(=C(C)C)C(=O)CC(C2=C[CH]C=C2)C1.[CH]1C=CC=C1.[Fe]. The number of carbonyl (C=O) groups is 1. The van der Waals surface area contributed by atoms with Crippen molar-refractivity contribution < 1.29 is 21.9 Å². The summed E-state index contributed by atoms with van der Waals surface area (Å²) in [5, 5.41) is 0. The number of ketones is 1. The van der Waals surface area contributed by atoms with Gasteiger partial charge >= 0.3 is 0 Å². The Balaban J connectivity index is 0.000000448. The standard InChI is InChI=1S/C18H23O.C5H5.Fe/c1-12(2)15-9-16(14-7-5-6-8-14)11-18(19)17(10-15)13(3)4;1-2-4-5-3-1;/h5-8,16H,9-11H2,1-4H3;1-5H;. The number of hydrogen-bond acceptors (Lipinski definition) is 1. The maximum atomic E-state index is 12.4. The van der Waals surface area contributed by atoms with Gasteiger partial charge in [0.1, 0.15) is 0 Å². The zero-order valence-electron chi connectivity index (χ0n) is 15.7. The Morgan fingerprint density at radius 1 is 0.880 bits per heavy atom. The molecule has 1 atom stereocenters. The number of carbonyl (C=O) groups excluding carboxylic acids is 1. The normalized spacial score (nSPS) is 21.4. The van der Waals surface area contributed by atoms with Gasteiger partial charge in [0.2, 0.25) is 0 Å². The third kappa shape index (κ3) is 6.45. The first-order valence-electron chi connectivity index (χ1n) is 8.72. The van der Waals surface area contributed by atoms with Crippen LogP contribution in [-0.4, -0.2) is 5.78 Å². The molecular formula is C23H28FeO. The summed E-state index contributed by atoms with van der Waals surface area (Å²) in [6.45, 7) is 8.43. The summed E-state index contributed by atoms with van der Waals surface area (Å²) in [5.74, 6) is 0.687. The maximum Gasteiger partial charge on any atom is 0.159 e. The Kier molecular flexibility index (Phi) is 9.17. The van der Waals surface area contributed by atoms with E-state index in [4.69, 9.17) is 0 Å². The Hall–Kier alpha value is -1.37. The zero-order valence-corrected chi connectivity index (χ0v) is 16.8. The second-order valence-corrected chi connectivity index (χ2v) is 6.97. The fourth-order valence-electron chi connectivity index (χ4n) is 3.15. The summed E-state index contributed by atoms with van der Waals surface area (Å²) in [5.41, 5.74) is 6.32. The molecule has 3 aliphatic carbocycles. The minimum Gasteiger partial charge on any atom is -0.295 e. The predicted molar refractivity (Wildman–Crippen MR) is 103 cm³/mol. The molecular weight excluding hydrogens is 348 g/mol. The second kappa shape index (κ2) is 10.6. The zero-order chi connectivity index (χ0) is 17.5. The minimum atomic E-state index is 0.